The van der Waals surface area contributed by atoms with Crippen molar-refractivity contribution in [1.82, 2.24) is 10.5 Å². The molecule has 0 spiro atoms. The molecule has 0 bridgehead atoms. The molecule has 2 heterocycles. The Morgan fingerprint density at radius 2 is 2.07 bits per heavy atom. The average molecular weight is 402 g/mol. The first kappa shape index (κ1) is 20.0. The fraction of sp³-hybridized carbons (Fsp3) is 0.350. The Bertz CT molecular complexity index is 926. The molecule has 2 aromatic heterocycles. The first-order chi connectivity index (χ1) is 13.4. The summed E-state index contributed by atoms with van der Waals surface area (Å²) in [6.45, 7) is 5.19. The van der Waals surface area contributed by atoms with Crippen LogP contribution >= 0.6 is 11.8 Å². The molecule has 148 valence electrons. The monoisotopic (exact) mass is 402 g/mol. The fourth-order valence-corrected chi connectivity index (χ4v) is 3.67. The molecule has 1 N–H and O–H groups in total. The van der Waals surface area contributed by atoms with Crippen LogP contribution in [0.25, 0.3) is 11.0 Å². The molecule has 3 rings (SSSR count). The third-order valence-electron chi connectivity index (χ3n) is 4.26. The van der Waals surface area contributed by atoms with Gasteiger partial charge in [-0.15, -0.1) is 11.8 Å². The van der Waals surface area contributed by atoms with Crippen molar-refractivity contribution in [3.05, 3.63) is 53.1 Å². The summed E-state index contributed by atoms with van der Waals surface area (Å²) in [6.07, 6.45) is 0. The number of nitrogens with zero attached hydrogens (tertiary/aromatic N) is 1. The van der Waals surface area contributed by atoms with Gasteiger partial charge in [0.05, 0.1) is 17.5 Å². The molecule has 0 radical (unpaired) electrons. The van der Waals surface area contributed by atoms with Crippen LogP contribution in [-0.4, -0.2) is 29.4 Å². The van der Waals surface area contributed by atoms with Crippen molar-refractivity contribution in [3.8, 4) is 0 Å². The van der Waals surface area contributed by atoms with E-state index < -0.39 is 5.97 Å². The van der Waals surface area contributed by atoms with Crippen LogP contribution in [-0.2, 0) is 20.1 Å². The lowest BCUT2D eigenvalue weighted by Crippen LogP contribution is -2.31. The van der Waals surface area contributed by atoms with Gasteiger partial charge in [0.15, 0.2) is 6.61 Å². The first-order valence-corrected chi connectivity index (χ1v) is 10.0. The number of rotatable bonds is 8. The van der Waals surface area contributed by atoms with Crippen LogP contribution in [0.3, 0.4) is 0 Å². The lowest BCUT2D eigenvalue weighted by Gasteiger charge is -2.11. The molecule has 1 unspecified atom stereocenters. The Morgan fingerprint density at radius 1 is 1.29 bits per heavy atom. The molecule has 0 aliphatic rings. The van der Waals surface area contributed by atoms with E-state index in [1.54, 1.807) is 0 Å². The standard InChI is InChI=1S/C20H22N2O5S/c1-12-16(14(3)27-22-12)10-28-11-20(24)25-9-19(23)21-13(2)18-8-15-6-4-5-7-17(15)26-18/h4-8,13H,9-11H2,1-3H3,(H,21,23). The summed E-state index contributed by atoms with van der Waals surface area (Å²) in [5.41, 5.74) is 2.56. The van der Waals surface area contributed by atoms with E-state index >= 15 is 0 Å². The summed E-state index contributed by atoms with van der Waals surface area (Å²) in [7, 11) is 0. The average Bonchev–Trinajstić information content (AvgIpc) is 3.24. The van der Waals surface area contributed by atoms with Crippen LogP contribution in [0.5, 0.6) is 0 Å². The van der Waals surface area contributed by atoms with E-state index in [9.17, 15) is 9.59 Å². The van der Waals surface area contributed by atoms with E-state index in [0.29, 0.717) is 11.5 Å². The van der Waals surface area contributed by atoms with Gasteiger partial charge in [-0.2, -0.15) is 0 Å². The lowest BCUT2D eigenvalue weighted by atomic mass is 10.2. The second-order valence-electron chi connectivity index (χ2n) is 6.43. The number of amides is 1. The molecule has 1 aromatic carbocycles. The maximum absolute atomic E-state index is 12.0. The zero-order valence-corrected chi connectivity index (χ0v) is 16.8. The number of thioether (sulfide) groups is 1. The number of hydrogen-bond acceptors (Lipinski definition) is 7. The molecule has 0 saturated heterocycles. The van der Waals surface area contributed by atoms with Crippen LogP contribution in [0.2, 0.25) is 0 Å². The van der Waals surface area contributed by atoms with Crippen molar-refractivity contribution in [2.75, 3.05) is 12.4 Å². The molecule has 0 aliphatic carbocycles. The summed E-state index contributed by atoms with van der Waals surface area (Å²) >= 11 is 1.39. The maximum atomic E-state index is 12.0. The minimum atomic E-state index is -0.441. The van der Waals surface area contributed by atoms with E-state index in [1.165, 1.54) is 11.8 Å². The summed E-state index contributed by atoms with van der Waals surface area (Å²) in [6, 6.07) is 9.19. The highest BCUT2D eigenvalue weighted by molar-refractivity contribution is 7.99. The molecule has 0 saturated carbocycles. The second kappa shape index (κ2) is 8.97. The predicted molar refractivity (Wildman–Crippen MR) is 106 cm³/mol. The molecule has 7 nitrogen and oxygen atoms in total. The molecular weight excluding hydrogens is 380 g/mol. The van der Waals surface area contributed by atoms with E-state index in [4.69, 9.17) is 13.7 Å². The number of para-hydroxylation sites is 1. The van der Waals surface area contributed by atoms with Gasteiger partial charge in [0, 0.05) is 16.7 Å². The van der Waals surface area contributed by atoms with Crippen molar-refractivity contribution < 1.29 is 23.3 Å². The Morgan fingerprint density at radius 3 is 2.79 bits per heavy atom. The van der Waals surface area contributed by atoms with Crippen molar-refractivity contribution >= 4 is 34.6 Å². The number of carbonyl (C=O) groups excluding carboxylic acids is 2. The smallest absolute Gasteiger partial charge is 0.316 e. The molecule has 1 amide bonds. The van der Waals surface area contributed by atoms with Gasteiger partial charge in [0.1, 0.15) is 17.1 Å². The van der Waals surface area contributed by atoms with Crippen LogP contribution in [0.1, 0.15) is 35.7 Å². The largest absolute Gasteiger partial charge is 0.459 e. The zero-order valence-electron chi connectivity index (χ0n) is 16.0. The Hall–Kier alpha value is -2.74. The van der Waals surface area contributed by atoms with Gasteiger partial charge < -0.3 is 19.0 Å². The third-order valence-corrected chi connectivity index (χ3v) is 5.19. The zero-order chi connectivity index (χ0) is 20.1. The first-order valence-electron chi connectivity index (χ1n) is 8.87. The van der Waals surface area contributed by atoms with Crippen molar-refractivity contribution in [2.24, 2.45) is 0 Å². The number of esters is 1. The number of fused-ring (bicyclic) bond motifs is 1. The van der Waals surface area contributed by atoms with Gasteiger partial charge in [-0.25, -0.2) is 0 Å². The van der Waals surface area contributed by atoms with Crippen LogP contribution in [0, 0.1) is 13.8 Å². The van der Waals surface area contributed by atoms with Crippen LogP contribution in [0.15, 0.2) is 39.3 Å². The molecule has 3 aromatic rings. The number of aromatic nitrogens is 1. The topological polar surface area (TPSA) is 94.6 Å². The van der Waals surface area contributed by atoms with Gasteiger partial charge in [-0.3, -0.25) is 9.59 Å². The van der Waals surface area contributed by atoms with E-state index in [2.05, 4.69) is 10.5 Å². The second-order valence-corrected chi connectivity index (χ2v) is 7.42. The normalized spacial score (nSPS) is 12.1. The predicted octanol–water partition coefficient (Wildman–Crippen LogP) is 3.69. The number of carbonyl (C=O) groups is 2. The van der Waals surface area contributed by atoms with Gasteiger partial charge in [0.2, 0.25) is 0 Å². The molecular formula is C20H22N2O5S. The summed E-state index contributed by atoms with van der Waals surface area (Å²) < 4.78 is 15.8. The number of hydrogen-bond donors (Lipinski definition) is 1. The highest BCUT2D eigenvalue weighted by Gasteiger charge is 2.16. The number of benzene rings is 1. The van der Waals surface area contributed by atoms with E-state index in [0.717, 1.165) is 28.0 Å². The molecule has 0 fully saturated rings. The number of furan rings is 1. The molecule has 0 aliphatic heterocycles. The van der Waals surface area contributed by atoms with Gasteiger partial charge in [-0.05, 0) is 32.9 Å². The summed E-state index contributed by atoms with van der Waals surface area (Å²) in [4.78, 5) is 23.9. The molecule has 28 heavy (non-hydrogen) atoms. The number of ether oxygens (including phenoxy) is 1. The minimum Gasteiger partial charge on any atom is -0.459 e. The Kier molecular flexibility index (Phi) is 6.41. The van der Waals surface area contributed by atoms with Crippen molar-refractivity contribution in [2.45, 2.75) is 32.6 Å². The van der Waals surface area contributed by atoms with Crippen molar-refractivity contribution in [1.29, 1.82) is 0 Å². The van der Waals surface area contributed by atoms with Gasteiger partial charge in [0.25, 0.3) is 5.91 Å². The SMILES string of the molecule is Cc1noc(C)c1CSCC(=O)OCC(=O)NC(C)c1cc2ccccc2o1. The molecule has 8 heteroatoms. The molecule has 1 atom stereocenters. The van der Waals surface area contributed by atoms with Crippen LogP contribution in [0.4, 0.5) is 0 Å². The highest BCUT2D eigenvalue weighted by Crippen LogP contribution is 2.23. The van der Waals surface area contributed by atoms with E-state index in [-0.39, 0.29) is 24.3 Å². The highest BCUT2D eigenvalue weighted by atomic mass is 32.2. The van der Waals surface area contributed by atoms with Crippen LogP contribution < -0.4 is 5.32 Å². The Balaban J connectivity index is 1.40. The van der Waals surface area contributed by atoms with Gasteiger partial charge in [-0.1, -0.05) is 23.4 Å². The quantitative estimate of drug-likeness (QED) is 0.574. The number of aryl methyl sites for hydroxylation is 2. The fourth-order valence-electron chi connectivity index (χ4n) is 2.70. The Labute approximate surface area is 166 Å². The summed E-state index contributed by atoms with van der Waals surface area (Å²) in [5, 5.41) is 7.62. The van der Waals surface area contributed by atoms with Crippen molar-refractivity contribution in [3.63, 3.8) is 0 Å². The minimum absolute atomic E-state index is 0.149. The third kappa shape index (κ3) is 4.95. The number of nitrogens with one attached hydrogen (secondary N) is 1. The summed E-state index contributed by atoms with van der Waals surface area (Å²) in [5.74, 6) is 1.33. The lowest BCUT2D eigenvalue weighted by molar-refractivity contribution is -0.146. The van der Waals surface area contributed by atoms with Gasteiger partial charge >= 0.3 is 5.97 Å². The van der Waals surface area contributed by atoms with E-state index in [1.807, 2.05) is 51.1 Å². The maximum Gasteiger partial charge on any atom is 0.316 e.